The van der Waals surface area contributed by atoms with Crippen molar-refractivity contribution in [3.63, 3.8) is 0 Å². The van der Waals surface area contributed by atoms with Crippen LogP contribution in [0.1, 0.15) is 31.0 Å². The third-order valence-electron chi connectivity index (χ3n) is 5.41. The number of rotatable bonds is 7. The first-order chi connectivity index (χ1) is 12.3. The summed E-state index contributed by atoms with van der Waals surface area (Å²) in [4.78, 5) is 2.43. The average molecular weight is 383 g/mol. The van der Waals surface area contributed by atoms with Gasteiger partial charge in [0.1, 0.15) is 0 Å². The second kappa shape index (κ2) is 7.94. The lowest BCUT2D eigenvalue weighted by Gasteiger charge is -2.49. The van der Waals surface area contributed by atoms with E-state index < -0.39 is 10.0 Å². The second-order valence-electron chi connectivity index (χ2n) is 7.74. The third-order valence-corrected chi connectivity index (χ3v) is 7.21. The molecule has 1 atom stereocenters. The van der Waals surface area contributed by atoms with E-state index in [1.165, 1.54) is 11.1 Å². The Labute approximate surface area is 157 Å². The fourth-order valence-corrected chi connectivity index (χ4v) is 5.38. The number of nitrogens with zero attached hydrogens (tertiary/aromatic N) is 2. The number of hydrogen-bond acceptors (Lipinski definition) is 5. The van der Waals surface area contributed by atoms with Gasteiger partial charge in [-0.3, -0.25) is 4.90 Å². The molecule has 6 nitrogen and oxygen atoms in total. The van der Waals surface area contributed by atoms with E-state index in [0.29, 0.717) is 26.3 Å². The number of benzene rings is 1. The molecule has 0 N–H and O–H groups in total. The molecule has 1 fully saturated rings. The zero-order valence-electron chi connectivity index (χ0n) is 16.0. The maximum atomic E-state index is 12.7. The van der Waals surface area contributed by atoms with Crippen molar-refractivity contribution in [3.05, 3.63) is 35.4 Å². The molecule has 0 saturated carbocycles. The summed E-state index contributed by atoms with van der Waals surface area (Å²) in [6, 6.07) is 8.60. The van der Waals surface area contributed by atoms with Gasteiger partial charge in [0.15, 0.2) is 0 Å². The largest absolute Gasteiger partial charge is 0.382 e. The van der Waals surface area contributed by atoms with Crippen molar-refractivity contribution in [3.8, 4) is 0 Å². The monoisotopic (exact) mass is 382 g/mol. The fourth-order valence-electron chi connectivity index (χ4n) is 4.07. The van der Waals surface area contributed by atoms with Crippen molar-refractivity contribution in [2.24, 2.45) is 0 Å². The van der Waals surface area contributed by atoms with Crippen molar-refractivity contribution in [2.45, 2.75) is 25.3 Å². The summed E-state index contributed by atoms with van der Waals surface area (Å²) in [7, 11) is -1.71. The van der Waals surface area contributed by atoms with Crippen molar-refractivity contribution in [1.29, 1.82) is 0 Å². The van der Waals surface area contributed by atoms with E-state index in [9.17, 15) is 8.42 Å². The first-order valence-corrected chi connectivity index (χ1v) is 10.8. The van der Waals surface area contributed by atoms with Crippen LogP contribution in [0.5, 0.6) is 0 Å². The Kier molecular flexibility index (Phi) is 6.04. The molecule has 3 rings (SSSR count). The summed E-state index contributed by atoms with van der Waals surface area (Å²) >= 11 is 0. The zero-order chi connectivity index (χ0) is 18.8. The highest BCUT2D eigenvalue weighted by atomic mass is 32.2. The van der Waals surface area contributed by atoms with Gasteiger partial charge in [0, 0.05) is 44.7 Å². The molecular formula is C19H30N2O4S. The van der Waals surface area contributed by atoms with Gasteiger partial charge in [0.2, 0.25) is 10.0 Å². The van der Waals surface area contributed by atoms with Gasteiger partial charge in [-0.2, -0.15) is 4.31 Å². The first-order valence-electron chi connectivity index (χ1n) is 9.23. The Morgan fingerprint density at radius 3 is 2.69 bits per heavy atom. The van der Waals surface area contributed by atoms with Crippen molar-refractivity contribution in [2.75, 3.05) is 58.9 Å². The molecule has 0 aliphatic carbocycles. The Morgan fingerprint density at radius 1 is 1.15 bits per heavy atom. The molecule has 0 bridgehead atoms. The molecule has 0 spiro atoms. The van der Waals surface area contributed by atoms with Gasteiger partial charge in [-0.05, 0) is 11.1 Å². The molecule has 2 aliphatic heterocycles. The van der Waals surface area contributed by atoms with E-state index in [4.69, 9.17) is 9.47 Å². The van der Waals surface area contributed by atoms with Gasteiger partial charge in [0.25, 0.3) is 0 Å². The molecule has 0 radical (unpaired) electrons. The van der Waals surface area contributed by atoms with Crippen LogP contribution >= 0.6 is 0 Å². The van der Waals surface area contributed by atoms with Crippen LogP contribution in [0.2, 0.25) is 0 Å². The lowest BCUT2D eigenvalue weighted by Crippen LogP contribution is -2.56. The Balaban J connectivity index is 1.70. The van der Waals surface area contributed by atoms with E-state index >= 15 is 0 Å². The standard InChI is InChI=1S/C19H30N2O4S/c1-19(2)15-20-8-9-21(26(22,23)13-12-25-11-10-24-3)14-18(20)16-6-4-5-7-17(16)19/h4-7,18H,8-15H2,1-3H3. The van der Waals surface area contributed by atoms with Crippen LogP contribution in [-0.2, 0) is 24.9 Å². The molecule has 7 heteroatoms. The molecule has 2 aliphatic rings. The van der Waals surface area contributed by atoms with E-state index in [1.54, 1.807) is 11.4 Å². The minimum Gasteiger partial charge on any atom is -0.382 e. The van der Waals surface area contributed by atoms with Crippen LogP contribution in [-0.4, -0.2) is 76.5 Å². The smallest absolute Gasteiger partial charge is 0.216 e. The highest BCUT2D eigenvalue weighted by molar-refractivity contribution is 7.89. The second-order valence-corrected chi connectivity index (χ2v) is 9.83. The van der Waals surface area contributed by atoms with E-state index in [0.717, 1.165) is 13.1 Å². The average Bonchev–Trinajstić information content (AvgIpc) is 2.61. The van der Waals surface area contributed by atoms with Crippen molar-refractivity contribution < 1.29 is 17.9 Å². The highest BCUT2D eigenvalue weighted by Gasteiger charge is 2.42. The molecular weight excluding hydrogens is 352 g/mol. The summed E-state index contributed by atoms with van der Waals surface area (Å²) in [5, 5.41) is 0. The van der Waals surface area contributed by atoms with Gasteiger partial charge < -0.3 is 9.47 Å². The predicted octanol–water partition coefficient (Wildman–Crippen LogP) is 1.63. The maximum absolute atomic E-state index is 12.7. The molecule has 2 heterocycles. The SMILES string of the molecule is COCCOCCS(=O)(=O)N1CCN2CC(C)(C)c3ccccc3C2C1. The molecule has 0 amide bonds. The Morgan fingerprint density at radius 2 is 1.92 bits per heavy atom. The lowest BCUT2D eigenvalue weighted by atomic mass is 9.75. The van der Waals surface area contributed by atoms with Crippen molar-refractivity contribution in [1.82, 2.24) is 9.21 Å². The summed E-state index contributed by atoms with van der Waals surface area (Å²) in [6.07, 6.45) is 0. The quantitative estimate of drug-likeness (QED) is 0.671. The van der Waals surface area contributed by atoms with Gasteiger partial charge >= 0.3 is 0 Å². The number of methoxy groups -OCH3 is 1. The van der Waals surface area contributed by atoms with Crippen LogP contribution in [0, 0.1) is 0 Å². The summed E-state index contributed by atoms with van der Waals surface area (Å²) < 4.78 is 37.4. The van der Waals surface area contributed by atoms with Crippen molar-refractivity contribution >= 4 is 10.0 Å². The van der Waals surface area contributed by atoms with Crippen LogP contribution in [0.3, 0.4) is 0 Å². The molecule has 1 saturated heterocycles. The van der Waals surface area contributed by atoms with Gasteiger partial charge in [-0.25, -0.2) is 8.42 Å². The maximum Gasteiger partial charge on any atom is 0.216 e. The van der Waals surface area contributed by atoms with Gasteiger partial charge in [-0.1, -0.05) is 38.1 Å². The summed E-state index contributed by atoms with van der Waals surface area (Å²) in [6.45, 7) is 8.45. The van der Waals surface area contributed by atoms with Crippen LogP contribution in [0.15, 0.2) is 24.3 Å². The molecule has 26 heavy (non-hydrogen) atoms. The lowest BCUT2D eigenvalue weighted by molar-refractivity contribution is 0.0737. The molecule has 1 aromatic carbocycles. The molecule has 1 aromatic rings. The molecule has 0 aromatic heterocycles. The van der Waals surface area contributed by atoms with Crippen LogP contribution in [0.25, 0.3) is 0 Å². The molecule has 146 valence electrons. The van der Waals surface area contributed by atoms with Gasteiger partial charge in [0.05, 0.1) is 25.6 Å². The number of piperazine rings is 1. The van der Waals surface area contributed by atoms with E-state index in [-0.39, 0.29) is 23.8 Å². The van der Waals surface area contributed by atoms with E-state index in [2.05, 4.69) is 43.0 Å². The number of sulfonamides is 1. The number of ether oxygens (including phenoxy) is 2. The Hall–Kier alpha value is -0.990. The summed E-state index contributed by atoms with van der Waals surface area (Å²) in [5.74, 6) is 0.0244. The highest BCUT2D eigenvalue weighted by Crippen LogP contribution is 2.41. The number of fused-ring (bicyclic) bond motifs is 3. The van der Waals surface area contributed by atoms with Crippen LogP contribution in [0.4, 0.5) is 0 Å². The minimum absolute atomic E-state index is 0.0244. The zero-order valence-corrected chi connectivity index (χ0v) is 16.8. The normalized spacial score (nSPS) is 23.4. The van der Waals surface area contributed by atoms with E-state index in [1.807, 2.05) is 0 Å². The minimum atomic E-state index is -3.31. The first kappa shape index (κ1) is 19.8. The Bertz CT molecular complexity index is 720. The number of hydrogen-bond donors (Lipinski definition) is 0. The van der Waals surface area contributed by atoms with Gasteiger partial charge in [-0.15, -0.1) is 0 Å². The molecule has 1 unspecified atom stereocenters. The fraction of sp³-hybridized carbons (Fsp3) is 0.684. The van der Waals surface area contributed by atoms with Crippen LogP contribution < -0.4 is 0 Å². The predicted molar refractivity (Wildman–Crippen MR) is 102 cm³/mol. The summed E-state index contributed by atoms with van der Waals surface area (Å²) in [5.41, 5.74) is 2.69. The topological polar surface area (TPSA) is 59.1 Å². The third kappa shape index (κ3) is 4.12.